The van der Waals surface area contributed by atoms with Gasteiger partial charge in [0, 0.05) is 25.2 Å². The van der Waals surface area contributed by atoms with Gasteiger partial charge in [0.05, 0.1) is 5.69 Å². The molecule has 1 atom stereocenters. The van der Waals surface area contributed by atoms with Crippen molar-refractivity contribution in [2.45, 2.75) is 32.2 Å². The van der Waals surface area contributed by atoms with Gasteiger partial charge in [-0.25, -0.2) is 0 Å². The molecule has 0 aromatic heterocycles. The molecule has 1 saturated heterocycles. The Hall–Kier alpha value is -1.60. The van der Waals surface area contributed by atoms with Crippen molar-refractivity contribution < 1.29 is 8.42 Å². The Bertz CT molecular complexity index is 612. The number of hydrogen-bond acceptors (Lipinski definition) is 3. The average Bonchev–Trinajstić information content (AvgIpc) is 2.46. The van der Waals surface area contributed by atoms with Crippen LogP contribution in [0.1, 0.15) is 31.7 Å². The largest absolute Gasteiger partial charge is 0.384 e. The minimum absolute atomic E-state index is 0.0303. The van der Waals surface area contributed by atoms with E-state index >= 15 is 0 Å². The molecule has 1 aromatic rings. The van der Waals surface area contributed by atoms with Crippen LogP contribution in [0.4, 0.5) is 5.69 Å². The van der Waals surface area contributed by atoms with Crippen LogP contribution in [0.3, 0.4) is 0 Å². The van der Waals surface area contributed by atoms with Crippen LogP contribution in [0.15, 0.2) is 24.3 Å². The summed E-state index contributed by atoms with van der Waals surface area (Å²) in [6.07, 6.45) is 2.88. The molecule has 1 heterocycles. The Morgan fingerprint density at radius 2 is 1.95 bits per heavy atom. The van der Waals surface area contributed by atoms with Crippen LogP contribution in [-0.2, 0) is 10.2 Å². The molecule has 0 saturated carbocycles. The molecule has 0 amide bonds. The van der Waals surface area contributed by atoms with Gasteiger partial charge >= 0.3 is 10.2 Å². The lowest BCUT2D eigenvalue weighted by Gasteiger charge is -2.35. The van der Waals surface area contributed by atoms with Crippen LogP contribution in [-0.4, -0.2) is 38.2 Å². The first-order valence-electron chi connectivity index (χ1n) is 7.04. The number of amidine groups is 1. The van der Waals surface area contributed by atoms with Gasteiger partial charge in [-0.15, -0.1) is 0 Å². The van der Waals surface area contributed by atoms with Gasteiger partial charge in [0.25, 0.3) is 0 Å². The minimum atomic E-state index is -3.52. The van der Waals surface area contributed by atoms with Crippen LogP contribution in [0, 0.1) is 5.41 Å². The van der Waals surface area contributed by atoms with Crippen LogP contribution in [0.2, 0.25) is 0 Å². The molecule has 0 aliphatic carbocycles. The highest BCUT2D eigenvalue weighted by atomic mass is 32.2. The highest BCUT2D eigenvalue weighted by Crippen LogP contribution is 2.25. The van der Waals surface area contributed by atoms with E-state index in [2.05, 4.69) is 0 Å². The minimum Gasteiger partial charge on any atom is -0.384 e. The molecule has 3 N–H and O–H groups in total. The summed E-state index contributed by atoms with van der Waals surface area (Å²) in [5.74, 6) is -0.0308. The Balaban J connectivity index is 2.25. The molecule has 1 fully saturated rings. The van der Waals surface area contributed by atoms with Crippen molar-refractivity contribution in [3.05, 3.63) is 29.8 Å². The standard InChI is InChI=1S/C14H22N4O2S/c1-11-5-3-4-10-18(11)21(19,20)17(2)13-8-6-12(7-9-13)14(15)16/h6-9,11H,3-5,10H2,1-2H3,(H3,15,16). The van der Waals surface area contributed by atoms with E-state index in [1.54, 1.807) is 35.6 Å². The number of nitrogen functional groups attached to an aromatic ring is 1. The fourth-order valence-electron chi connectivity index (χ4n) is 2.56. The topological polar surface area (TPSA) is 90.5 Å². The Morgan fingerprint density at radius 3 is 2.48 bits per heavy atom. The predicted molar refractivity (Wildman–Crippen MR) is 84.8 cm³/mol. The second-order valence-corrected chi connectivity index (χ2v) is 7.30. The maximum Gasteiger partial charge on any atom is 0.304 e. The zero-order valence-electron chi connectivity index (χ0n) is 12.4. The SMILES string of the molecule is CC1CCCCN1S(=O)(=O)N(C)c1ccc(C(=N)N)cc1. The first-order valence-corrected chi connectivity index (χ1v) is 8.44. The van der Waals surface area contributed by atoms with Crippen molar-refractivity contribution in [3.8, 4) is 0 Å². The summed E-state index contributed by atoms with van der Waals surface area (Å²) in [6, 6.07) is 6.68. The number of piperidine rings is 1. The lowest BCUT2D eigenvalue weighted by molar-refractivity contribution is 0.268. The number of nitrogens with two attached hydrogens (primary N) is 1. The molecule has 2 rings (SSSR count). The van der Waals surface area contributed by atoms with E-state index in [1.807, 2.05) is 6.92 Å². The smallest absolute Gasteiger partial charge is 0.304 e. The van der Waals surface area contributed by atoms with E-state index in [1.165, 1.54) is 4.31 Å². The van der Waals surface area contributed by atoms with Gasteiger partial charge < -0.3 is 5.73 Å². The van der Waals surface area contributed by atoms with Gasteiger partial charge in [0.15, 0.2) is 0 Å². The van der Waals surface area contributed by atoms with Gasteiger partial charge in [0.2, 0.25) is 0 Å². The summed E-state index contributed by atoms with van der Waals surface area (Å²) >= 11 is 0. The molecule has 6 nitrogen and oxygen atoms in total. The molecule has 1 aromatic carbocycles. The lowest BCUT2D eigenvalue weighted by Crippen LogP contribution is -2.48. The zero-order valence-corrected chi connectivity index (χ0v) is 13.2. The molecular formula is C14H22N4O2S. The second-order valence-electron chi connectivity index (χ2n) is 5.39. The van der Waals surface area contributed by atoms with Gasteiger partial charge in [-0.1, -0.05) is 6.42 Å². The summed E-state index contributed by atoms with van der Waals surface area (Å²) in [6.45, 7) is 2.52. The van der Waals surface area contributed by atoms with Crippen molar-refractivity contribution in [3.63, 3.8) is 0 Å². The Kier molecular flexibility index (Phi) is 4.53. The maximum atomic E-state index is 12.7. The molecule has 1 aliphatic rings. The first kappa shape index (κ1) is 15.8. The molecule has 116 valence electrons. The van der Waals surface area contributed by atoms with E-state index < -0.39 is 10.2 Å². The summed E-state index contributed by atoms with van der Waals surface area (Å²) in [5, 5.41) is 7.36. The fraction of sp³-hybridized carbons (Fsp3) is 0.500. The van der Waals surface area contributed by atoms with Crippen LogP contribution in [0.5, 0.6) is 0 Å². The van der Waals surface area contributed by atoms with Crippen LogP contribution in [0.25, 0.3) is 0 Å². The molecular weight excluding hydrogens is 288 g/mol. The molecule has 0 bridgehead atoms. The van der Waals surface area contributed by atoms with Gasteiger partial charge in [-0.3, -0.25) is 9.71 Å². The Labute approximate surface area is 126 Å². The van der Waals surface area contributed by atoms with Crippen LogP contribution >= 0.6 is 0 Å². The molecule has 0 radical (unpaired) electrons. The molecule has 1 aliphatic heterocycles. The highest BCUT2D eigenvalue weighted by molar-refractivity contribution is 7.90. The summed E-state index contributed by atoms with van der Waals surface area (Å²) in [5.41, 5.74) is 6.55. The van der Waals surface area contributed by atoms with Gasteiger partial charge in [-0.05, 0) is 44.0 Å². The zero-order chi connectivity index (χ0) is 15.6. The fourth-order valence-corrected chi connectivity index (χ4v) is 4.18. The number of nitrogens with one attached hydrogen (secondary N) is 1. The van der Waals surface area contributed by atoms with E-state index in [4.69, 9.17) is 11.1 Å². The third-order valence-corrected chi connectivity index (χ3v) is 5.96. The average molecular weight is 310 g/mol. The number of nitrogens with zero attached hydrogens (tertiary/aromatic N) is 2. The van der Waals surface area contributed by atoms with Gasteiger partial charge in [0.1, 0.15) is 5.84 Å². The lowest BCUT2D eigenvalue weighted by atomic mass is 10.1. The predicted octanol–water partition coefficient (Wildman–Crippen LogP) is 1.53. The first-order chi connectivity index (χ1) is 9.84. The molecule has 21 heavy (non-hydrogen) atoms. The summed E-state index contributed by atoms with van der Waals surface area (Å²) in [4.78, 5) is 0. The van der Waals surface area contributed by atoms with Gasteiger partial charge in [-0.2, -0.15) is 12.7 Å². The number of anilines is 1. The highest BCUT2D eigenvalue weighted by Gasteiger charge is 2.32. The quantitative estimate of drug-likeness (QED) is 0.652. The molecule has 0 spiro atoms. The van der Waals surface area contributed by atoms with E-state index in [9.17, 15) is 8.42 Å². The van der Waals surface area contributed by atoms with E-state index in [0.717, 1.165) is 19.3 Å². The van der Waals surface area contributed by atoms with Crippen molar-refractivity contribution in [1.82, 2.24) is 4.31 Å². The number of benzene rings is 1. The molecule has 7 heteroatoms. The normalized spacial score (nSPS) is 20.2. The van der Waals surface area contributed by atoms with E-state index in [-0.39, 0.29) is 11.9 Å². The van der Waals surface area contributed by atoms with E-state index in [0.29, 0.717) is 17.8 Å². The monoisotopic (exact) mass is 310 g/mol. The third kappa shape index (κ3) is 3.19. The van der Waals surface area contributed by atoms with Crippen LogP contribution < -0.4 is 10.0 Å². The Morgan fingerprint density at radius 1 is 1.33 bits per heavy atom. The van der Waals surface area contributed by atoms with Crippen molar-refractivity contribution in [1.29, 1.82) is 5.41 Å². The summed E-state index contributed by atoms with van der Waals surface area (Å²) < 4.78 is 28.3. The third-order valence-electron chi connectivity index (χ3n) is 3.93. The van der Waals surface area contributed by atoms with Crippen molar-refractivity contribution in [2.75, 3.05) is 17.9 Å². The van der Waals surface area contributed by atoms with Crippen molar-refractivity contribution >= 4 is 21.7 Å². The maximum absolute atomic E-state index is 12.7. The second kappa shape index (κ2) is 6.03. The number of hydrogen-bond donors (Lipinski definition) is 2. The number of rotatable bonds is 4. The summed E-state index contributed by atoms with van der Waals surface area (Å²) in [7, 11) is -1.96. The molecule has 1 unspecified atom stereocenters. The van der Waals surface area contributed by atoms with Crippen molar-refractivity contribution in [2.24, 2.45) is 5.73 Å².